The summed E-state index contributed by atoms with van der Waals surface area (Å²) in [5.74, 6) is -0.491. The maximum Gasteiger partial charge on any atom is 0.128 e. The van der Waals surface area contributed by atoms with Gasteiger partial charge in [-0.05, 0) is 32.2 Å². The van der Waals surface area contributed by atoms with Crippen molar-refractivity contribution in [3.63, 3.8) is 0 Å². The average molecular weight is 340 g/mol. The topological polar surface area (TPSA) is 3.24 Å². The van der Waals surface area contributed by atoms with Crippen molar-refractivity contribution in [1.82, 2.24) is 4.90 Å². The molecule has 0 heterocycles. The lowest BCUT2D eigenvalue weighted by atomic mass is 10.1. The molecule has 0 bridgehead atoms. The van der Waals surface area contributed by atoms with E-state index in [4.69, 9.17) is 0 Å². The maximum atomic E-state index is 13.8. The van der Waals surface area contributed by atoms with Crippen molar-refractivity contribution in [2.45, 2.75) is 19.5 Å². The van der Waals surface area contributed by atoms with Gasteiger partial charge in [-0.1, -0.05) is 40.2 Å². The van der Waals surface area contributed by atoms with E-state index in [-0.39, 0.29) is 17.7 Å². The molecule has 0 amide bonds. The van der Waals surface area contributed by atoms with Crippen LogP contribution in [0.3, 0.4) is 0 Å². The van der Waals surface area contributed by atoms with Gasteiger partial charge in [0.25, 0.3) is 0 Å². The molecule has 0 spiro atoms. The highest BCUT2D eigenvalue weighted by molar-refractivity contribution is 9.10. The van der Waals surface area contributed by atoms with Crippen LogP contribution in [0.4, 0.5) is 8.78 Å². The minimum atomic E-state index is -0.257. The summed E-state index contributed by atoms with van der Waals surface area (Å²) in [5, 5.41) is 0. The van der Waals surface area contributed by atoms with Crippen LogP contribution >= 0.6 is 15.9 Å². The molecule has 0 aliphatic rings. The lowest BCUT2D eigenvalue weighted by Crippen LogP contribution is -2.23. The van der Waals surface area contributed by atoms with Crippen LogP contribution in [0.1, 0.15) is 24.1 Å². The molecule has 0 N–H and O–H groups in total. The van der Waals surface area contributed by atoms with E-state index in [0.29, 0.717) is 22.1 Å². The van der Waals surface area contributed by atoms with Crippen LogP contribution in [0.25, 0.3) is 0 Å². The van der Waals surface area contributed by atoms with Gasteiger partial charge in [0.1, 0.15) is 11.6 Å². The van der Waals surface area contributed by atoms with Crippen LogP contribution in [-0.4, -0.2) is 11.9 Å². The molecule has 0 fully saturated rings. The minimum Gasteiger partial charge on any atom is -0.295 e. The first kappa shape index (κ1) is 15.1. The molecule has 1 unspecified atom stereocenters. The third-order valence-corrected chi connectivity index (χ3v) is 3.94. The number of nitrogens with zero attached hydrogens (tertiary/aromatic N) is 1. The highest BCUT2D eigenvalue weighted by atomic mass is 79.9. The summed E-state index contributed by atoms with van der Waals surface area (Å²) in [7, 11) is 1.86. The van der Waals surface area contributed by atoms with Gasteiger partial charge in [0, 0.05) is 28.2 Å². The van der Waals surface area contributed by atoms with Crippen LogP contribution in [-0.2, 0) is 6.54 Å². The standard InChI is InChI=1S/C16H16BrF2N/c1-11(14-5-3-4-6-15(14)18)20(2)10-12-7-8-13(17)9-16(12)19/h3-9,11H,10H2,1-2H3. The average Bonchev–Trinajstić information content (AvgIpc) is 2.41. The molecule has 2 rings (SSSR count). The number of rotatable bonds is 4. The van der Waals surface area contributed by atoms with E-state index >= 15 is 0 Å². The first-order valence-electron chi connectivity index (χ1n) is 6.37. The summed E-state index contributed by atoms with van der Waals surface area (Å²) in [6, 6.07) is 11.5. The van der Waals surface area contributed by atoms with Gasteiger partial charge in [-0.25, -0.2) is 8.78 Å². The number of hydrogen-bond acceptors (Lipinski definition) is 1. The second-order valence-electron chi connectivity index (χ2n) is 4.85. The SMILES string of the molecule is CC(c1ccccc1F)N(C)Cc1ccc(Br)cc1F. The van der Waals surface area contributed by atoms with Crippen molar-refractivity contribution in [3.05, 3.63) is 69.7 Å². The lowest BCUT2D eigenvalue weighted by molar-refractivity contribution is 0.244. The van der Waals surface area contributed by atoms with Crippen LogP contribution < -0.4 is 0 Å². The fraction of sp³-hybridized carbons (Fsp3) is 0.250. The summed E-state index contributed by atoms with van der Waals surface area (Å²) in [4.78, 5) is 1.92. The Morgan fingerprint density at radius 3 is 2.45 bits per heavy atom. The van der Waals surface area contributed by atoms with Crippen molar-refractivity contribution >= 4 is 15.9 Å². The Labute approximate surface area is 126 Å². The van der Waals surface area contributed by atoms with Gasteiger partial charge in [-0.3, -0.25) is 4.90 Å². The summed E-state index contributed by atoms with van der Waals surface area (Å²) in [6.45, 7) is 2.34. The molecule has 0 aliphatic heterocycles. The largest absolute Gasteiger partial charge is 0.295 e. The van der Waals surface area contributed by atoms with Crippen LogP contribution in [0.5, 0.6) is 0 Å². The Hall–Kier alpha value is -1.26. The van der Waals surface area contributed by atoms with Crippen LogP contribution in [0.15, 0.2) is 46.9 Å². The molecule has 20 heavy (non-hydrogen) atoms. The zero-order valence-electron chi connectivity index (χ0n) is 11.4. The Balaban J connectivity index is 2.15. The van der Waals surface area contributed by atoms with Crippen LogP contribution in [0, 0.1) is 11.6 Å². The molecule has 4 heteroatoms. The molecule has 0 radical (unpaired) electrons. The molecule has 1 atom stereocenters. The van der Waals surface area contributed by atoms with Gasteiger partial charge < -0.3 is 0 Å². The molecule has 2 aromatic rings. The second kappa shape index (κ2) is 6.46. The second-order valence-corrected chi connectivity index (χ2v) is 5.76. The lowest BCUT2D eigenvalue weighted by Gasteiger charge is -2.25. The van der Waals surface area contributed by atoms with Crippen molar-refractivity contribution in [3.8, 4) is 0 Å². The van der Waals surface area contributed by atoms with Crippen molar-refractivity contribution in [2.75, 3.05) is 7.05 Å². The van der Waals surface area contributed by atoms with E-state index in [0.717, 1.165) is 0 Å². The van der Waals surface area contributed by atoms with E-state index in [2.05, 4.69) is 15.9 Å². The Morgan fingerprint density at radius 1 is 1.10 bits per heavy atom. The quantitative estimate of drug-likeness (QED) is 0.764. The highest BCUT2D eigenvalue weighted by Crippen LogP contribution is 2.24. The minimum absolute atomic E-state index is 0.126. The van der Waals surface area contributed by atoms with Gasteiger partial charge in [0.15, 0.2) is 0 Å². The van der Waals surface area contributed by atoms with E-state index in [1.165, 1.54) is 12.1 Å². The van der Waals surface area contributed by atoms with Gasteiger partial charge in [-0.2, -0.15) is 0 Å². The normalized spacial score (nSPS) is 12.7. The van der Waals surface area contributed by atoms with E-state index in [1.807, 2.05) is 24.9 Å². The number of benzene rings is 2. The first-order chi connectivity index (χ1) is 9.49. The molecule has 0 aromatic heterocycles. The van der Waals surface area contributed by atoms with E-state index in [9.17, 15) is 8.78 Å². The van der Waals surface area contributed by atoms with Crippen molar-refractivity contribution in [1.29, 1.82) is 0 Å². The van der Waals surface area contributed by atoms with E-state index < -0.39 is 0 Å². The first-order valence-corrected chi connectivity index (χ1v) is 7.17. The molecule has 0 aliphatic carbocycles. The number of hydrogen-bond donors (Lipinski definition) is 0. The summed E-state index contributed by atoms with van der Waals surface area (Å²) >= 11 is 3.23. The highest BCUT2D eigenvalue weighted by Gasteiger charge is 2.16. The molecule has 0 saturated carbocycles. The molecular weight excluding hydrogens is 324 g/mol. The fourth-order valence-electron chi connectivity index (χ4n) is 2.11. The van der Waals surface area contributed by atoms with Gasteiger partial charge in [0.2, 0.25) is 0 Å². The summed E-state index contributed by atoms with van der Waals surface area (Å²) in [6.07, 6.45) is 0. The number of halogens is 3. The van der Waals surface area contributed by atoms with Gasteiger partial charge >= 0.3 is 0 Å². The smallest absolute Gasteiger partial charge is 0.128 e. The maximum absolute atomic E-state index is 13.8. The van der Waals surface area contributed by atoms with Crippen LogP contribution in [0.2, 0.25) is 0 Å². The predicted octanol–water partition coefficient (Wildman–Crippen LogP) is 4.92. The Kier molecular flexibility index (Phi) is 4.89. The van der Waals surface area contributed by atoms with Gasteiger partial charge in [0.05, 0.1) is 0 Å². The monoisotopic (exact) mass is 339 g/mol. The summed E-state index contributed by atoms with van der Waals surface area (Å²) in [5.41, 5.74) is 1.21. The molecule has 0 saturated heterocycles. The van der Waals surface area contributed by atoms with Crippen molar-refractivity contribution in [2.24, 2.45) is 0 Å². The third-order valence-electron chi connectivity index (χ3n) is 3.45. The molecule has 106 valence electrons. The molecular formula is C16H16BrF2N. The zero-order valence-corrected chi connectivity index (χ0v) is 13.0. The Bertz CT molecular complexity index is 601. The zero-order chi connectivity index (χ0) is 14.7. The third kappa shape index (κ3) is 3.44. The van der Waals surface area contributed by atoms with Crippen molar-refractivity contribution < 1.29 is 8.78 Å². The Morgan fingerprint density at radius 2 is 1.80 bits per heavy atom. The van der Waals surface area contributed by atoms with Gasteiger partial charge in [-0.15, -0.1) is 0 Å². The fourth-order valence-corrected chi connectivity index (χ4v) is 2.44. The molecule has 2 aromatic carbocycles. The van der Waals surface area contributed by atoms with E-state index in [1.54, 1.807) is 24.3 Å². The predicted molar refractivity (Wildman–Crippen MR) is 80.4 cm³/mol. The summed E-state index contributed by atoms with van der Waals surface area (Å²) < 4.78 is 28.3. The molecule has 1 nitrogen and oxygen atoms in total.